The lowest BCUT2D eigenvalue weighted by Crippen LogP contribution is -2.33. The number of rotatable bonds is 4. The van der Waals surface area contributed by atoms with Gasteiger partial charge in [-0.1, -0.05) is 0 Å². The summed E-state index contributed by atoms with van der Waals surface area (Å²) in [5, 5.41) is 0.581. The quantitative estimate of drug-likeness (QED) is 0.751. The molecule has 0 N–H and O–H groups in total. The number of methoxy groups -OCH3 is 1. The first kappa shape index (κ1) is 17.8. The Morgan fingerprint density at radius 1 is 1.04 bits per heavy atom. The molecule has 0 spiro atoms. The molecule has 2 amide bonds. The fourth-order valence-corrected chi connectivity index (χ4v) is 4.29. The topological polar surface area (TPSA) is 79.8 Å². The van der Waals surface area contributed by atoms with Crippen molar-refractivity contribution in [3.05, 3.63) is 15.6 Å². The number of hydrogen-bond acceptors (Lipinski definition) is 6. The number of nitrogens with zero attached hydrogens (tertiary/aromatic N) is 3. The summed E-state index contributed by atoms with van der Waals surface area (Å²) in [5.41, 5.74) is 0.941. The minimum absolute atomic E-state index is 0.0334. The van der Waals surface area contributed by atoms with Gasteiger partial charge in [-0.15, -0.1) is 11.3 Å². The van der Waals surface area contributed by atoms with E-state index in [4.69, 9.17) is 0 Å². The van der Waals surface area contributed by atoms with Crippen molar-refractivity contribution in [2.45, 2.75) is 38.5 Å². The van der Waals surface area contributed by atoms with Crippen LogP contribution in [0.5, 0.6) is 0 Å². The summed E-state index contributed by atoms with van der Waals surface area (Å²) >= 11 is 1.46. The van der Waals surface area contributed by atoms with Gasteiger partial charge in [0.1, 0.15) is 0 Å². The average Bonchev–Trinajstić information content (AvgIpc) is 3.25. The average molecular weight is 365 g/mol. The molecule has 0 radical (unpaired) electrons. The number of carbonyl (C=O) groups is 3. The molecule has 25 heavy (non-hydrogen) atoms. The first-order valence-corrected chi connectivity index (χ1v) is 9.52. The molecular weight excluding hydrogens is 342 g/mol. The van der Waals surface area contributed by atoms with Crippen LogP contribution in [0.2, 0.25) is 0 Å². The van der Waals surface area contributed by atoms with Crippen molar-refractivity contribution in [2.75, 3.05) is 33.3 Å². The van der Waals surface area contributed by atoms with Gasteiger partial charge in [0.2, 0.25) is 5.91 Å². The molecule has 2 aliphatic rings. The second-order valence-corrected chi connectivity index (χ2v) is 7.43. The Balaban J connectivity index is 1.58. The molecule has 0 bridgehead atoms. The van der Waals surface area contributed by atoms with Crippen LogP contribution in [0, 0.1) is 0 Å². The first-order valence-electron chi connectivity index (χ1n) is 8.71. The summed E-state index contributed by atoms with van der Waals surface area (Å²) in [4.78, 5) is 45.2. The minimum Gasteiger partial charge on any atom is -0.469 e. The van der Waals surface area contributed by atoms with E-state index in [2.05, 4.69) is 9.72 Å². The zero-order valence-electron chi connectivity index (χ0n) is 14.5. The lowest BCUT2D eigenvalue weighted by Gasteiger charge is -2.20. The van der Waals surface area contributed by atoms with E-state index in [0.29, 0.717) is 30.9 Å². The summed E-state index contributed by atoms with van der Waals surface area (Å²) in [5.74, 6) is -0.357. The van der Waals surface area contributed by atoms with Crippen molar-refractivity contribution in [1.29, 1.82) is 0 Å². The molecule has 7 nitrogen and oxygen atoms in total. The monoisotopic (exact) mass is 365 g/mol. The second kappa shape index (κ2) is 7.95. The fraction of sp³-hybridized carbons (Fsp3) is 0.647. The van der Waals surface area contributed by atoms with Crippen molar-refractivity contribution in [2.24, 2.45) is 0 Å². The number of aromatic nitrogens is 1. The highest BCUT2D eigenvalue weighted by Gasteiger charge is 2.26. The normalized spacial score (nSPS) is 17.2. The summed E-state index contributed by atoms with van der Waals surface area (Å²) in [6.07, 6.45) is 3.79. The molecule has 1 fully saturated rings. The van der Waals surface area contributed by atoms with Gasteiger partial charge in [-0.2, -0.15) is 0 Å². The Morgan fingerprint density at radius 3 is 2.48 bits per heavy atom. The van der Waals surface area contributed by atoms with Gasteiger partial charge in [0.25, 0.3) is 5.91 Å². The van der Waals surface area contributed by atoms with E-state index in [-0.39, 0.29) is 30.6 Å². The molecule has 136 valence electrons. The Bertz CT molecular complexity index is 641. The van der Waals surface area contributed by atoms with Crippen LogP contribution in [0.15, 0.2) is 0 Å². The third-order valence-corrected chi connectivity index (χ3v) is 5.85. The van der Waals surface area contributed by atoms with Crippen molar-refractivity contribution < 1.29 is 19.1 Å². The van der Waals surface area contributed by atoms with E-state index in [1.54, 1.807) is 4.90 Å². The lowest BCUT2D eigenvalue weighted by atomic mass is 10.2. The Morgan fingerprint density at radius 2 is 1.76 bits per heavy atom. The molecule has 3 rings (SSSR count). The smallest absolute Gasteiger partial charge is 0.306 e. The zero-order valence-corrected chi connectivity index (χ0v) is 15.3. The number of fused-ring (bicyclic) bond motifs is 1. The van der Waals surface area contributed by atoms with Crippen LogP contribution in [-0.4, -0.2) is 65.9 Å². The van der Waals surface area contributed by atoms with Crippen molar-refractivity contribution in [1.82, 2.24) is 14.8 Å². The maximum atomic E-state index is 12.5. The van der Waals surface area contributed by atoms with Gasteiger partial charge in [0, 0.05) is 50.3 Å². The SMILES string of the molecule is COC(=O)CCC(=O)N1CCc2nc(C(=O)N3CCCC3)sc2CC1. The van der Waals surface area contributed by atoms with E-state index >= 15 is 0 Å². The Labute approximate surface area is 151 Å². The Hall–Kier alpha value is -1.96. The lowest BCUT2D eigenvalue weighted by molar-refractivity contribution is -0.143. The highest BCUT2D eigenvalue weighted by Crippen LogP contribution is 2.25. The van der Waals surface area contributed by atoms with Crippen molar-refractivity contribution in [3.8, 4) is 0 Å². The largest absolute Gasteiger partial charge is 0.469 e. The van der Waals surface area contributed by atoms with Crippen molar-refractivity contribution in [3.63, 3.8) is 0 Å². The van der Waals surface area contributed by atoms with Crippen LogP contribution in [0.4, 0.5) is 0 Å². The molecule has 3 heterocycles. The van der Waals surface area contributed by atoms with Gasteiger partial charge >= 0.3 is 5.97 Å². The minimum atomic E-state index is -0.367. The molecule has 1 aromatic heterocycles. The number of hydrogen-bond donors (Lipinski definition) is 0. The van der Waals surface area contributed by atoms with E-state index in [1.165, 1.54) is 18.4 Å². The number of carbonyl (C=O) groups excluding carboxylic acids is 3. The van der Waals surface area contributed by atoms with Gasteiger partial charge in [0.05, 0.1) is 19.2 Å². The van der Waals surface area contributed by atoms with Gasteiger partial charge < -0.3 is 14.5 Å². The van der Waals surface area contributed by atoms with Gasteiger partial charge in [-0.05, 0) is 12.8 Å². The second-order valence-electron chi connectivity index (χ2n) is 6.35. The van der Waals surface area contributed by atoms with Gasteiger partial charge in [0.15, 0.2) is 5.01 Å². The molecule has 0 aliphatic carbocycles. The molecular formula is C17H23N3O4S. The van der Waals surface area contributed by atoms with Crippen LogP contribution in [0.3, 0.4) is 0 Å². The predicted molar refractivity (Wildman–Crippen MR) is 92.5 cm³/mol. The molecule has 8 heteroatoms. The molecule has 0 atom stereocenters. The van der Waals surface area contributed by atoms with Gasteiger partial charge in [-0.25, -0.2) is 4.98 Å². The van der Waals surface area contributed by atoms with Gasteiger partial charge in [-0.3, -0.25) is 14.4 Å². The molecule has 0 saturated carbocycles. The van der Waals surface area contributed by atoms with E-state index in [9.17, 15) is 14.4 Å². The standard InChI is InChI=1S/C17H23N3O4S/c1-24-15(22)5-4-14(21)19-10-6-12-13(7-11-19)25-16(18-12)17(23)20-8-2-3-9-20/h2-11H2,1H3. The number of likely N-dealkylation sites (tertiary alicyclic amines) is 1. The molecule has 1 aromatic rings. The maximum absolute atomic E-state index is 12.5. The molecule has 2 aliphatic heterocycles. The maximum Gasteiger partial charge on any atom is 0.306 e. The summed E-state index contributed by atoms with van der Waals surface area (Å²) < 4.78 is 4.57. The van der Waals surface area contributed by atoms with Crippen LogP contribution in [-0.2, 0) is 27.2 Å². The van der Waals surface area contributed by atoms with Crippen LogP contribution < -0.4 is 0 Å². The van der Waals surface area contributed by atoms with E-state index in [0.717, 1.165) is 36.5 Å². The fourth-order valence-electron chi connectivity index (χ4n) is 3.23. The number of thiazole rings is 1. The number of ether oxygens (including phenoxy) is 1. The summed E-state index contributed by atoms with van der Waals surface area (Å²) in [7, 11) is 1.32. The van der Waals surface area contributed by atoms with Crippen molar-refractivity contribution >= 4 is 29.1 Å². The number of esters is 1. The first-order chi connectivity index (χ1) is 12.1. The Kier molecular flexibility index (Phi) is 5.67. The van der Waals surface area contributed by atoms with Crippen LogP contribution >= 0.6 is 11.3 Å². The zero-order chi connectivity index (χ0) is 17.8. The highest BCUT2D eigenvalue weighted by molar-refractivity contribution is 7.13. The number of amides is 2. The van der Waals surface area contributed by atoms with Crippen LogP contribution in [0.1, 0.15) is 46.1 Å². The third kappa shape index (κ3) is 4.18. The van der Waals surface area contributed by atoms with E-state index in [1.807, 2.05) is 4.90 Å². The summed E-state index contributed by atoms with van der Waals surface area (Å²) in [6.45, 7) is 2.83. The molecule has 0 unspecified atom stereocenters. The molecule has 0 aromatic carbocycles. The van der Waals surface area contributed by atoms with E-state index < -0.39 is 0 Å². The molecule has 1 saturated heterocycles. The van der Waals surface area contributed by atoms with Crippen LogP contribution in [0.25, 0.3) is 0 Å². The summed E-state index contributed by atoms with van der Waals surface area (Å²) in [6, 6.07) is 0. The predicted octanol–water partition coefficient (Wildman–Crippen LogP) is 1.26. The third-order valence-electron chi connectivity index (χ3n) is 4.71. The highest BCUT2D eigenvalue weighted by atomic mass is 32.1.